The Bertz CT molecular complexity index is 281. The van der Waals surface area contributed by atoms with Crippen molar-refractivity contribution in [2.45, 2.75) is 25.3 Å². The van der Waals surface area contributed by atoms with Crippen molar-refractivity contribution in [3.8, 4) is 0 Å². The molecule has 0 bridgehead atoms. The van der Waals surface area contributed by atoms with Crippen LogP contribution in [-0.4, -0.2) is 21.7 Å². The zero-order valence-electron chi connectivity index (χ0n) is 7.67. The van der Waals surface area contributed by atoms with Crippen LogP contribution in [0.5, 0.6) is 0 Å². The fourth-order valence-electron chi connectivity index (χ4n) is 1.02. The molecule has 5 heteroatoms. The first kappa shape index (κ1) is 10.1. The third-order valence-electron chi connectivity index (χ3n) is 1.83. The summed E-state index contributed by atoms with van der Waals surface area (Å²) >= 11 is 0. The second-order valence-corrected chi connectivity index (χ2v) is 3.46. The maximum Gasteiger partial charge on any atom is 0.256 e. The molecule has 1 rings (SSSR count). The molecule has 0 radical (unpaired) electrons. The van der Waals surface area contributed by atoms with Gasteiger partial charge in [-0.1, -0.05) is 0 Å². The Morgan fingerprint density at radius 1 is 1.69 bits per heavy atom. The molecule has 1 unspecified atom stereocenters. The fourth-order valence-corrected chi connectivity index (χ4v) is 1.02. The van der Waals surface area contributed by atoms with Crippen LogP contribution in [0.1, 0.15) is 12.6 Å². The highest BCUT2D eigenvalue weighted by molar-refractivity contribution is 5.05. The molecule has 0 amide bonds. The van der Waals surface area contributed by atoms with E-state index in [1.165, 1.54) is 6.92 Å². The first-order valence-corrected chi connectivity index (χ1v) is 3.97. The van der Waals surface area contributed by atoms with E-state index < -0.39 is 12.0 Å². The molecule has 0 aliphatic rings. The summed E-state index contributed by atoms with van der Waals surface area (Å²) in [5.41, 5.74) is 4.50. The number of hydrogen-bond acceptors (Lipinski definition) is 2. The molecule has 0 aliphatic heterocycles. The Balaban J connectivity index is 2.68. The molecule has 0 aliphatic carbocycles. The number of alkyl halides is 2. The van der Waals surface area contributed by atoms with Crippen LogP contribution in [0, 0.1) is 0 Å². The third-order valence-corrected chi connectivity index (χ3v) is 1.83. The van der Waals surface area contributed by atoms with Gasteiger partial charge in [0.05, 0.1) is 11.2 Å². The van der Waals surface area contributed by atoms with Crippen LogP contribution in [0.3, 0.4) is 0 Å². The summed E-state index contributed by atoms with van der Waals surface area (Å²) in [5, 5.41) is 3.98. The molecular formula is C8H13F2N3. The number of hydrogen-bond donors (Lipinski definition) is 1. The second kappa shape index (κ2) is 3.41. The Kier molecular flexibility index (Phi) is 2.66. The van der Waals surface area contributed by atoms with Crippen LogP contribution in [0.25, 0.3) is 0 Å². The Morgan fingerprint density at radius 3 is 2.69 bits per heavy atom. The topological polar surface area (TPSA) is 43.8 Å². The highest BCUT2D eigenvalue weighted by atomic mass is 19.3. The summed E-state index contributed by atoms with van der Waals surface area (Å²) in [7, 11) is 1.74. The molecule has 0 fully saturated rings. The highest BCUT2D eigenvalue weighted by Gasteiger charge is 2.31. The molecule has 1 aromatic heterocycles. The zero-order valence-corrected chi connectivity index (χ0v) is 7.67. The number of halogens is 2. The van der Waals surface area contributed by atoms with Gasteiger partial charge in [-0.25, -0.2) is 8.78 Å². The fraction of sp³-hybridized carbons (Fsp3) is 0.625. The second-order valence-electron chi connectivity index (χ2n) is 3.46. The van der Waals surface area contributed by atoms with Gasteiger partial charge in [0, 0.05) is 19.7 Å². The van der Waals surface area contributed by atoms with Crippen molar-refractivity contribution in [3.05, 3.63) is 18.0 Å². The summed E-state index contributed by atoms with van der Waals surface area (Å²) in [6.07, 6.45) is -0.739. The van der Waals surface area contributed by atoms with E-state index >= 15 is 0 Å². The lowest BCUT2D eigenvalue weighted by Crippen LogP contribution is -2.46. The van der Waals surface area contributed by atoms with Gasteiger partial charge in [0.2, 0.25) is 0 Å². The van der Waals surface area contributed by atoms with Gasteiger partial charge in [0.15, 0.2) is 0 Å². The molecule has 74 valence electrons. The molecule has 1 heterocycles. The quantitative estimate of drug-likeness (QED) is 0.769. The van der Waals surface area contributed by atoms with Crippen molar-refractivity contribution in [2.75, 3.05) is 0 Å². The number of nitrogens with two attached hydrogens (primary N) is 1. The van der Waals surface area contributed by atoms with E-state index in [1.54, 1.807) is 24.0 Å². The predicted molar refractivity (Wildman–Crippen MR) is 45.5 cm³/mol. The van der Waals surface area contributed by atoms with Gasteiger partial charge < -0.3 is 5.73 Å². The standard InChI is InChI=1S/C8H13F2N3/c1-8(11,7(9)10)5-6-3-4-13(2)12-6/h3-4,7H,5,11H2,1-2H3. The monoisotopic (exact) mass is 189 g/mol. The average molecular weight is 189 g/mol. The lowest BCUT2D eigenvalue weighted by atomic mass is 9.98. The van der Waals surface area contributed by atoms with Gasteiger partial charge in [0.25, 0.3) is 6.43 Å². The van der Waals surface area contributed by atoms with Crippen molar-refractivity contribution < 1.29 is 8.78 Å². The molecule has 1 atom stereocenters. The minimum absolute atomic E-state index is 0.0888. The molecule has 0 aromatic carbocycles. The van der Waals surface area contributed by atoms with Crippen molar-refractivity contribution in [2.24, 2.45) is 12.8 Å². The van der Waals surface area contributed by atoms with E-state index in [4.69, 9.17) is 5.73 Å². The predicted octanol–water partition coefficient (Wildman–Crippen LogP) is 0.945. The SMILES string of the molecule is Cn1ccc(CC(C)(N)C(F)F)n1. The summed E-state index contributed by atoms with van der Waals surface area (Å²) < 4.78 is 26.3. The minimum atomic E-state index is -2.53. The van der Waals surface area contributed by atoms with E-state index in [1.807, 2.05) is 0 Å². The molecule has 2 N–H and O–H groups in total. The van der Waals surface area contributed by atoms with Crippen molar-refractivity contribution >= 4 is 0 Å². The normalized spacial score (nSPS) is 16.2. The van der Waals surface area contributed by atoms with Crippen molar-refractivity contribution in [3.63, 3.8) is 0 Å². The molecule has 0 spiro atoms. The van der Waals surface area contributed by atoms with Gasteiger partial charge in [-0.3, -0.25) is 4.68 Å². The van der Waals surface area contributed by atoms with Crippen molar-refractivity contribution in [1.82, 2.24) is 9.78 Å². The van der Waals surface area contributed by atoms with Crippen LogP contribution in [-0.2, 0) is 13.5 Å². The molecule has 0 saturated heterocycles. The summed E-state index contributed by atoms with van der Waals surface area (Å²) in [6, 6.07) is 1.69. The Labute approximate surface area is 75.5 Å². The lowest BCUT2D eigenvalue weighted by Gasteiger charge is -2.21. The van der Waals surface area contributed by atoms with Crippen LogP contribution in [0.4, 0.5) is 8.78 Å². The number of aromatic nitrogens is 2. The van der Waals surface area contributed by atoms with Crippen LogP contribution < -0.4 is 5.73 Å². The summed E-state index contributed by atoms with van der Waals surface area (Å²) in [6.45, 7) is 1.33. The van der Waals surface area contributed by atoms with Crippen molar-refractivity contribution in [1.29, 1.82) is 0 Å². The van der Waals surface area contributed by atoms with E-state index in [0.717, 1.165) is 0 Å². The third kappa shape index (κ3) is 2.48. The molecule has 13 heavy (non-hydrogen) atoms. The van der Waals surface area contributed by atoms with Gasteiger partial charge >= 0.3 is 0 Å². The van der Waals surface area contributed by atoms with Crippen LogP contribution in [0.15, 0.2) is 12.3 Å². The summed E-state index contributed by atoms with van der Waals surface area (Å²) in [4.78, 5) is 0. The van der Waals surface area contributed by atoms with Gasteiger partial charge in [-0.2, -0.15) is 5.10 Å². The van der Waals surface area contributed by atoms with Crippen LogP contribution in [0.2, 0.25) is 0 Å². The number of aryl methyl sites for hydroxylation is 1. The summed E-state index contributed by atoms with van der Waals surface area (Å²) in [5.74, 6) is 0. The van der Waals surface area contributed by atoms with E-state index in [0.29, 0.717) is 5.69 Å². The molecule has 3 nitrogen and oxygen atoms in total. The smallest absolute Gasteiger partial charge is 0.256 e. The first-order valence-electron chi connectivity index (χ1n) is 3.97. The number of rotatable bonds is 3. The largest absolute Gasteiger partial charge is 0.320 e. The van der Waals surface area contributed by atoms with Gasteiger partial charge in [-0.05, 0) is 13.0 Å². The minimum Gasteiger partial charge on any atom is -0.320 e. The number of nitrogens with zero attached hydrogens (tertiary/aromatic N) is 2. The van der Waals surface area contributed by atoms with E-state index in [9.17, 15) is 8.78 Å². The highest BCUT2D eigenvalue weighted by Crippen LogP contribution is 2.16. The van der Waals surface area contributed by atoms with E-state index in [-0.39, 0.29) is 6.42 Å². The van der Waals surface area contributed by atoms with Gasteiger partial charge in [0.1, 0.15) is 0 Å². The Morgan fingerprint density at radius 2 is 2.31 bits per heavy atom. The maximum absolute atomic E-state index is 12.3. The zero-order chi connectivity index (χ0) is 10.1. The molecular weight excluding hydrogens is 176 g/mol. The molecule has 0 saturated carbocycles. The average Bonchev–Trinajstić information content (AvgIpc) is 2.34. The first-order chi connectivity index (χ1) is 5.92. The van der Waals surface area contributed by atoms with Crippen LogP contribution >= 0.6 is 0 Å². The molecule has 1 aromatic rings. The Hall–Kier alpha value is -0.970. The van der Waals surface area contributed by atoms with E-state index in [2.05, 4.69) is 5.10 Å². The lowest BCUT2D eigenvalue weighted by molar-refractivity contribution is 0.0633. The maximum atomic E-state index is 12.3. The van der Waals surface area contributed by atoms with Gasteiger partial charge in [-0.15, -0.1) is 0 Å².